The third kappa shape index (κ3) is 3.88. The summed E-state index contributed by atoms with van der Waals surface area (Å²) in [6.45, 7) is 3.01. The molecule has 11 heteroatoms. The topological polar surface area (TPSA) is 140 Å². The van der Waals surface area contributed by atoms with Crippen LogP contribution in [-0.2, 0) is 19.2 Å². The van der Waals surface area contributed by atoms with Gasteiger partial charge in [0.2, 0.25) is 17.7 Å². The fraction of sp³-hybridized carbons (Fsp3) is 0.280. The molecule has 0 radical (unpaired) electrons. The first-order chi connectivity index (χ1) is 17.3. The van der Waals surface area contributed by atoms with Gasteiger partial charge in [-0.25, -0.2) is 4.98 Å². The number of carbonyl (C=O) groups is 4. The Labute approximate surface area is 205 Å². The third-order valence-electron chi connectivity index (χ3n) is 6.40. The van der Waals surface area contributed by atoms with Gasteiger partial charge in [-0.3, -0.25) is 38.8 Å². The standard InChI is InChI=1S/C25H23N5O6/c1-13(29-17-8-3-4-9-19(17)36-12-21(29)32)23(33)27-16-7-5-6-15-22(16)25(35)30(14(2)26-15)18-10-11-20(31)28-24(18)34/h3-9,13,18H,10-12H2,1-2H3,(H,27,33)(H,28,31,34). The first-order valence-corrected chi connectivity index (χ1v) is 11.5. The van der Waals surface area contributed by atoms with Crippen molar-refractivity contribution < 1.29 is 23.9 Å². The maximum atomic E-state index is 13.6. The molecule has 3 heterocycles. The van der Waals surface area contributed by atoms with E-state index in [2.05, 4.69) is 15.6 Å². The second-order valence-corrected chi connectivity index (χ2v) is 8.69. The monoisotopic (exact) mass is 489 g/mol. The predicted molar refractivity (Wildman–Crippen MR) is 130 cm³/mol. The molecule has 184 valence electrons. The molecule has 2 N–H and O–H groups in total. The van der Waals surface area contributed by atoms with Gasteiger partial charge in [0.15, 0.2) is 6.61 Å². The molecule has 0 spiro atoms. The van der Waals surface area contributed by atoms with Crippen LogP contribution < -0.4 is 25.8 Å². The maximum Gasteiger partial charge on any atom is 0.265 e. The number of ether oxygens (including phenoxy) is 1. The summed E-state index contributed by atoms with van der Waals surface area (Å²) in [5.41, 5.74) is 0.520. The van der Waals surface area contributed by atoms with Crippen molar-refractivity contribution in [3.63, 3.8) is 0 Å². The number of nitrogens with one attached hydrogen (secondary N) is 2. The number of nitrogens with zero attached hydrogens (tertiary/aromatic N) is 3. The van der Waals surface area contributed by atoms with Crippen LogP contribution in [0.4, 0.5) is 11.4 Å². The van der Waals surface area contributed by atoms with Crippen molar-refractivity contribution in [1.29, 1.82) is 0 Å². The summed E-state index contributed by atoms with van der Waals surface area (Å²) in [5, 5.41) is 5.15. The van der Waals surface area contributed by atoms with Gasteiger partial charge in [-0.2, -0.15) is 0 Å². The molecule has 2 aliphatic heterocycles. The van der Waals surface area contributed by atoms with Crippen molar-refractivity contribution in [1.82, 2.24) is 14.9 Å². The maximum absolute atomic E-state index is 13.6. The van der Waals surface area contributed by atoms with E-state index in [1.54, 1.807) is 56.3 Å². The van der Waals surface area contributed by atoms with Crippen LogP contribution in [0.15, 0.2) is 47.3 Å². The molecule has 0 saturated carbocycles. The summed E-state index contributed by atoms with van der Waals surface area (Å²) < 4.78 is 6.71. The molecule has 2 aliphatic rings. The first-order valence-electron chi connectivity index (χ1n) is 11.5. The second kappa shape index (κ2) is 8.91. The highest BCUT2D eigenvalue weighted by Gasteiger charge is 2.34. The van der Waals surface area contributed by atoms with Crippen LogP contribution in [0.5, 0.6) is 5.75 Å². The number of amides is 4. The van der Waals surface area contributed by atoms with Gasteiger partial charge in [0.05, 0.1) is 22.3 Å². The molecule has 1 saturated heterocycles. The minimum atomic E-state index is -0.909. The number of benzene rings is 2. The molecule has 0 aliphatic carbocycles. The van der Waals surface area contributed by atoms with Gasteiger partial charge < -0.3 is 10.1 Å². The summed E-state index contributed by atoms with van der Waals surface area (Å²) in [6.07, 6.45) is 0.272. The average molecular weight is 489 g/mol. The Morgan fingerprint density at radius 2 is 1.92 bits per heavy atom. The third-order valence-corrected chi connectivity index (χ3v) is 6.40. The molecule has 1 aromatic heterocycles. The lowest BCUT2D eigenvalue weighted by atomic mass is 10.1. The zero-order chi connectivity index (χ0) is 25.6. The van der Waals surface area contributed by atoms with Crippen LogP contribution in [0, 0.1) is 6.92 Å². The molecule has 3 aromatic rings. The number of rotatable bonds is 4. The molecular weight excluding hydrogens is 466 g/mol. The summed E-state index contributed by atoms with van der Waals surface area (Å²) in [5.74, 6) is -1.04. The van der Waals surface area contributed by atoms with Crippen LogP contribution >= 0.6 is 0 Å². The molecule has 2 atom stereocenters. The van der Waals surface area contributed by atoms with Gasteiger partial charge in [-0.05, 0) is 44.5 Å². The lowest BCUT2D eigenvalue weighted by Gasteiger charge is -2.33. The Hall–Kier alpha value is -4.54. The number of hydrogen-bond donors (Lipinski definition) is 2. The van der Waals surface area contributed by atoms with E-state index in [-0.39, 0.29) is 36.4 Å². The van der Waals surface area contributed by atoms with Crippen molar-refractivity contribution in [2.45, 2.75) is 38.8 Å². The Balaban J connectivity index is 1.51. The van der Waals surface area contributed by atoms with Gasteiger partial charge >= 0.3 is 0 Å². The van der Waals surface area contributed by atoms with Gasteiger partial charge in [-0.15, -0.1) is 0 Å². The summed E-state index contributed by atoms with van der Waals surface area (Å²) in [4.78, 5) is 69.4. The second-order valence-electron chi connectivity index (χ2n) is 8.69. The summed E-state index contributed by atoms with van der Waals surface area (Å²) >= 11 is 0. The number of fused-ring (bicyclic) bond motifs is 2. The molecule has 0 bridgehead atoms. The van der Waals surface area contributed by atoms with Crippen LogP contribution in [-0.4, -0.2) is 45.8 Å². The number of aryl methyl sites for hydroxylation is 1. The lowest BCUT2D eigenvalue weighted by molar-refractivity contribution is -0.136. The zero-order valence-electron chi connectivity index (χ0n) is 19.6. The van der Waals surface area contributed by atoms with Gasteiger partial charge in [0.1, 0.15) is 23.7 Å². The number of para-hydroxylation sites is 2. The number of piperidine rings is 1. The van der Waals surface area contributed by atoms with E-state index in [1.165, 1.54) is 9.47 Å². The summed E-state index contributed by atoms with van der Waals surface area (Å²) in [7, 11) is 0. The van der Waals surface area contributed by atoms with Gasteiger partial charge in [-0.1, -0.05) is 18.2 Å². The number of hydrogen-bond acceptors (Lipinski definition) is 7. The van der Waals surface area contributed by atoms with Crippen molar-refractivity contribution in [3.8, 4) is 5.75 Å². The molecule has 1 fully saturated rings. The highest BCUT2D eigenvalue weighted by atomic mass is 16.5. The Kier molecular flexibility index (Phi) is 5.75. The van der Waals surface area contributed by atoms with Crippen molar-refractivity contribution in [2.24, 2.45) is 0 Å². The fourth-order valence-corrected chi connectivity index (χ4v) is 4.65. The molecule has 2 unspecified atom stereocenters. The molecule has 2 aromatic carbocycles. The van der Waals surface area contributed by atoms with Gasteiger partial charge in [0.25, 0.3) is 11.5 Å². The normalized spacial score (nSPS) is 18.3. The van der Waals surface area contributed by atoms with E-state index < -0.39 is 35.4 Å². The quantitative estimate of drug-likeness (QED) is 0.529. The first kappa shape index (κ1) is 23.2. The van der Waals surface area contributed by atoms with E-state index >= 15 is 0 Å². The summed E-state index contributed by atoms with van der Waals surface area (Å²) in [6, 6.07) is 9.99. The smallest absolute Gasteiger partial charge is 0.265 e. The Morgan fingerprint density at radius 1 is 1.14 bits per heavy atom. The Morgan fingerprint density at radius 3 is 2.69 bits per heavy atom. The molecule has 36 heavy (non-hydrogen) atoms. The number of imide groups is 1. The fourth-order valence-electron chi connectivity index (χ4n) is 4.65. The minimum Gasteiger partial charge on any atom is -0.482 e. The van der Waals surface area contributed by atoms with Crippen molar-refractivity contribution in [2.75, 3.05) is 16.8 Å². The minimum absolute atomic E-state index is 0.102. The van der Waals surface area contributed by atoms with Crippen LogP contribution in [0.1, 0.15) is 31.6 Å². The van der Waals surface area contributed by atoms with E-state index in [9.17, 15) is 24.0 Å². The van der Waals surface area contributed by atoms with E-state index in [4.69, 9.17) is 4.74 Å². The largest absolute Gasteiger partial charge is 0.482 e. The van der Waals surface area contributed by atoms with Crippen LogP contribution in [0.3, 0.4) is 0 Å². The van der Waals surface area contributed by atoms with Gasteiger partial charge in [0, 0.05) is 6.42 Å². The number of aromatic nitrogens is 2. The van der Waals surface area contributed by atoms with Crippen LogP contribution in [0.25, 0.3) is 10.9 Å². The van der Waals surface area contributed by atoms with Crippen molar-refractivity contribution in [3.05, 3.63) is 58.6 Å². The number of carbonyl (C=O) groups excluding carboxylic acids is 4. The van der Waals surface area contributed by atoms with E-state index in [1.807, 2.05) is 0 Å². The Bertz CT molecular complexity index is 1500. The predicted octanol–water partition coefficient (Wildman–Crippen LogP) is 1.44. The van der Waals surface area contributed by atoms with Crippen molar-refractivity contribution >= 4 is 45.9 Å². The zero-order valence-corrected chi connectivity index (χ0v) is 19.6. The molecule has 4 amide bonds. The van der Waals surface area contributed by atoms with Crippen LogP contribution in [0.2, 0.25) is 0 Å². The molecule has 11 nitrogen and oxygen atoms in total. The number of anilines is 2. The highest BCUT2D eigenvalue weighted by molar-refractivity contribution is 6.09. The van der Waals surface area contributed by atoms with E-state index in [0.717, 1.165) is 0 Å². The SMILES string of the molecule is Cc1nc2cccc(NC(=O)C(C)N3C(=O)COc4ccccc43)c2c(=O)n1C1CCC(=O)NC1=O. The molecular formula is C25H23N5O6. The molecule has 5 rings (SSSR count). The average Bonchev–Trinajstić information content (AvgIpc) is 2.84. The highest BCUT2D eigenvalue weighted by Crippen LogP contribution is 2.33. The van der Waals surface area contributed by atoms with E-state index in [0.29, 0.717) is 22.8 Å². The lowest BCUT2D eigenvalue weighted by Crippen LogP contribution is -2.49.